The third-order valence-electron chi connectivity index (χ3n) is 3.43. The number of benzene rings is 2. The molecule has 3 rings (SSSR count). The predicted octanol–water partition coefficient (Wildman–Crippen LogP) is 4.26. The topological polar surface area (TPSA) is 54.9 Å². The fourth-order valence-electron chi connectivity index (χ4n) is 2.23. The molecular formula is C18H12ClF2N3O. The van der Waals surface area contributed by atoms with Crippen LogP contribution < -0.4 is 5.32 Å². The Morgan fingerprint density at radius 2 is 1.80 bits per heavy atom. The van der Waals surface area contributed by atoms with Crippen molar-refractivity contribution < 1.29 is 13.6 Å². The first-order chi connectivity index (χ1) is 12.0. The average Bonchev–Trinajstić information content (AvgIpc) is 2.59. The molecule has 0 atom stereocenters. The molecule has 0 aliphatic rings. The van der Waals surface area contributed by atoms with E-state index in [1.165, 1.54) is 24.3 Å². The Morgan fingerprint density at radius 3 is 2.48 bits per heavy atom. The Bertz CT molecular complexity index is 916. The summed E-state index contributed by atoms with van der Waals surface area (Å²) in [5, 5.41) is 10.3. The van der Waals surface area contributed by atoms with Crippen molar-refractivity contribution in [2.75, 3.05) is 5.32 Å². The Labute approximate surface area is 147 Å². The number of amides is 1. The summed E-state index contributed by atoms with van der Waals surface area (Å²) in [7, 11) is 0. The zero-order valence-corrected chi connectivity index (χ0v) is 13.6. The van der Waals surface area contributed by atoms with Crippen molar-refractivity contribution >= 4 is 23.3 Å². The maximum absolute atomic E-state index is 13.7. The number of hydrogen-bond donors (Lipinski definition) is 1. The second-order valence-electron chi connectivity index (χ2n) is 5.26. The van der Waals surface area contributed by atoms with Gasteiger partial charge in [0.1, 0.15) is 11.6 Å². The molecule has 25 heavy (non-hydrogen) atoms. The standard InChI is InChI=1S/C18H12ClF2N3O/c19-13-6-5-11(9-15(13)21)10-18(25)22-17-8-7-16(23-24-17)12-3-1-2-4-14(12)20/h1-9H,10H2,(H,22,24,25). The first-order valence-electron chi connectivity index (χ1n) is 7.35. The van der Waals surface area contributed by atoms with Crippen molar-refractivity contribution in [1.29, 1.82) is 0 Å². The molecule has 7 heteroatoms. The van der Waals surface area contributed by atoms with Gasteiger partial charge in [0.05, 0.1) is 17.1 Å². The van der Waals surface area contributed by atoms with Crippen molar-refractivity contribution in [2.45, 2.75) is 6.42 Å². The second-order valence-corrected chi connectivity index (χ2v) is 5.66. The Kier molecular flexibility index (Phi) is 5.00. The molecule has 1 heterocycles. The largest absolute Gasteiger partial charge is 0.309 e. The van der Waals surface area contributed by atoms with E-state index in [0.717, 1.165) is 0 Å². The van der Waals surface area contributed by atoms with Crippen molar-refractivity contribution in [1.82, 2.24) is 10.2 Å². The normalized spacial score (nSPS) is 10.5. The first kappa shape index (κ1) is 17.0. The Balaban J connectivity index is 1.68. The minimum atomic E-state index is -0.582. The van der Waals surface area contributed by atoms with Gasteiger partial charge in [-0.15, -0.1) is 10.2 Å². The number of anilines is 1. The van der Waals surface area contributed by atoms with Gasteiger partial charge in [-0.2, -0.15) is 0 Å². The summed E-state index contributed by atoms with van der Waals surface area (Å²) in [5.74, 6) is -1.14. The fraction of sp³-hybridized carbons (Fsp3) is 0.0556. The van der Waals surface area contributed by atoms with Crippen LogP contribution >= 0.6 is 11.6 Å². The molecule has 0 fully saturated rings. The molecule has 3 aromatic rings. The molecule has 126 valence electrons. The maximum atomic E-state index is 13.7. The van der Waals surface area contributed by atoms with Crippen LogP contribution in [0, 0.1) is 11.6 Å². The Hall–Kier alpha value is -2.86. The highest BCUT2D eigenvalue weighted by Crippen LogP contribution is 2.20. The van der Waals surface area contributed by atoms with Crippen LogP contribution in [0.5, 0.6) is 0 Å². The number of hydrogen-bond acceptors (Lipinski definition) is 3. The summed E-state index contributed by atoms with van der Waals surface area (Å²) >= 11 is 5.60. The van der Waals surface area contributed by atoms with Gasteiger partial charge in [0.25, 0.3) is 0 Å². The summed E-state index contributed by atoms with van der Waals surface area (Å²) in [4.78, 5) is 12.0. The predicted molar refractivity (Wildman–Crippen MR) is 91.2 cm³/mol. The van der Waals surface area contributed by atoms with Gasteiger partial charge in [-0.3, -0.25) is 4.79 Å². The van der Waals surface area contributed by atoms with Crippen LogP contribution in [0.3, 0.4) is 0 Å². The summed E-state index contributed by atoms with van der Waals surface area (Å²) in [6.45, 7) is 0. The smallest absolute Gasteiger partial charge is 0.229 e. The molecular weight excluding hydrogens is 348 g/mol. The lowest BCUT2D eigenvalue weighted by molar-refractivity contribution is -0.115. The molecule has 1 amide bonds. The van der Waals surface area contributed by atoms with Gasteiger partial charge in [-0.25, -0.2) is 8.78 Å². The number of nitrogens with zero attached hydrogens (tertiary/aromatic N) is 2. The van der Waals surface area contributed by atoms with Gasteiger partial charge >= 0.3 is 0 Å². The number of aromatic nitrogens is 2. The lowest BCUT2D eigenvalue weighted by Crippen LogP contribution is -2.15. The van der Waals surface area contributed by atoms with Crippen molar-refractivity contribution in [3.63, 3.8) is 0 Å². The molecule has 1 aromatic heterocycles. The van der Waals surface area contributed by atoms with Crippen LogP contribution in [0.2, 0.25) is 5.02 Å². The Morgan fingerprint density at radius 1 is 1.00 bits per heavy atom. The molecule has 0 aliphatic carbocycles. The quantitative estimate of drug-likeness (QED) is 0.757. The summed E-state index contributed by atoms with van der Waals surface area (Å²) < 4.78 is 27.1. The third kappa shape index (κ3) is 4.16. The lowest BCUT2D eigenvalue weighted by Gasteiger charge is -2.06. The molecule has 0 radical (unpaired) electrons. The van der Waals surface area contributed by atoms with Gasteiger partial charge in [0.15, 0.2) is 5.82 Å². The molecule has 0 spiro atoms. The third-order valence-corrected chi connectivity index (χ3v) is 3.74. The van der Waals surface area contributed by atoms with Gasteiger partial charge in [-0.05, 0) is 42.0 Å². The SMILES string of the molecule is O=C(Cc1ccc(Cl)c(F)c1)Nc1ccc(-c2ccccc2F)nn1. The molecule has 0 saturated heterocycles. The highest BCUT2D eigenvalue weighted by molar-refractivity contribution is 6.30. The molecule has 0 unspecified atom stereocenters. The van der Waals surface area contributed by atoms with Gasteiger partial charge in [0, 0.05) is 5.56 Å². The lowest BCUT2D eigenvalue weighted by atomic mass is 10.1. The highest BCUT2D eigenvalue weighted by Gasteiger charge is 2.10. The monoisotopic (exact) mass is 359 g/mol. The van der Waals surface area contributed by atoms with Crippen molar-refractivity contribution in [3.8, 4) is 11.3 Å². The van der Waals surface area contributed by atoms with E-state index in [0.29, 0.717) is 16.8 Å². The van der Waals surface area contributed by atoms with Gasteiger partial charge in [0.2, 0.25) is 5.91 Å². The zero-order valence-electron chi connectivity index (χ0n) is 12.8. The average molecular weight is 360 g/mol. The van der Waals surface area contributed by atoms with Crippen LogP contribution in [0.4, 0.5) is 14.6 Å². The van der Waals surface area contributed by atoms with E-state index >= 15 is 0 Å². The van der Waals surface area contributed by atoms with E-state index < -0.39 is 11.6 Å². The number of carbonyl (C=O) groups is 1. The van der Waals surface area contributed by atoms with Gasteiger partial charge in [-0.1, -0.05) is 29.8 Å². The van der Waals surface area contributed by atoms with Gasteiger partial charge < -0.3 is 5.32 Å². The summed E-state index contributed by atoms with van der Waals surface area (Å²) in [6.07, 6.45) is -0.0369. The van der Waals surface area contributed by atoms with Crippen LogP contribution in [0.1, 0.15) is 5.56 Å². The van der Waals surface area contributed by atoms with E-state index in [2.05, 4.69) is 15.5 Å². The zero-order chi connectivity index (χ0) is 17.8. The van der Waals surface area contributed by atoms with E-state index in [-0.39, 0.29) is 23.2 Å². The van der Waals surface area contributed by atoms with Crippen molar-refractivity contribution in [2.24, 2.45) is 0 Å². The first-order valence-corrected chi connectivity index (χ1v) is 7.73. The molecule has 0 aliphatic heterocycles. The number of halogens is 3. The van der Waals surface area contributed by atoms with Crippen molar-refractivity contribution in [3.05, 3.63) is 76.8 Å². The van der Waals surface area contributed by atoms with E-state index in [1.54, 1.807) is 30.3 Å². The molecule has 0 bridgehead atoms. The van der Waals surface area contributed by atoms with Crippen LogP contribution in [0.15, 0.2) is 54.6 Å². The van der Waals surface area contributed by atoms with E-state index in [9.17, 15) is 13.6 Å². The maximum Gasteiger partial charge on any atom is 0.229 e. The van der Waals surface area contributed by atoms with E-state index in [4.69, 9.17) is 11.6 Å². The number of carbonyl (C=O) groups excluding carboxylic acids is 1. The fourth-order valence-corrected chi connectivity index (χ4v) is 2.35. The summed E-state index contributed by atoms with van der Waals surface area (Å²) in [6, 6.07) is 13.4. The molecule has 4 nitrogen and oxygen atoms in total. The second kappa shape index (κ2) is 7.36. The number of rotatable bonds is 4. The molecule has 0 saturated carbocycles. The molecule has 1 N–H and O–H groups in total. The van der Waals surface area contributed by atoms with Crippen LogP contribution in [0.25, 0.3) is 11.3 Å². The van der Waals surface area contributed by atoms with Crippen LogP contribution in [-0.2, 0) is 11.2 Å². The van der Waals surface area contributed by atoms with Crippen LogP contribution in [-0.4, -0.2) is 16.1 Å². The number of nitrogens with one attached hydrogen (secondary N) is 1. The molecule has 2 aromatic carbocycles. The highest BCUT2D eigenvalue weighted by atomic mass is 35.5. The van der Waals surface area contributed by atoms with E-state index in [1.807, 2.05) is 0 Å². The minimum Gasteiger partial charge on any atom is -0.309 e. The summed E-state index contributed by atoms with van der Waals surface area (Å²) in [5.41, 5.74) is 1.16. The minimum absolute atomic E-state index is 0.00115.